The van der Waals surface area contributed by atoms with Gasteiger partial charge in [-0.2, -0.15) is 0 Å². The molecule has 0 fully saturated rings. The smallest absolute Gasteiger partial charge is 0.112 e. The van der Waals surface area contributed by atoms with Crippen LogP contribution in [0.25, 0.3) is 16.5 Å². The molecule has 0 saturated carbocycles. The van der Waals surface area contributed by atoms with Crippen LogP contribution in [-0.2, 0) is 6.54 Å². The summed E-state index contributed by atoms with van der Waals surface area (Å²) >= 11 is 1.71. The molecule has 0 unspecified atom stereocenters. The Morgan fingerprint density at radius 1 is 1.29 bits per heavy atom. The van der Waals surface area contributed by atoms with Crippen molar-refractivity contribution in [1.29, 1.82) is 0 Å². The molecule has 3 nitrogen and oxygen atoms in total. The molecule has 4 heteroatoms. The Bertz CT molecular complexity index is 784. The third kappa shape index (κ3) is 2.41. The van der Waals surface area contributed by atoms with Crippen molar-refractivity contribution in [1.82, 2.24) is 14.9 Å². The predicted molar refractivity (Wildman–Crippen MR) is 88.6 cm³/mol. The Labute approximate surface area is 127 Å². The Hall–Kier alpha value is -1.91. The molecule has 21 heavy (non-hydrogen) atoms. The molecule has 0 amide bonds. The second-order valence-corrected chi connectivity index (χ2v) is 6.28. The average Bonchev–Trinajstić information content (AvgIpc) is 3.17. The molecular weight excluding hydrogens is 278 g/mol. The van der Waals surface area contributed by atoms with Crippen LogP contribution in [0.1, 0.15) is 17.0 Å². The van der Waals surface area contributed by atoms with Crippen LogP contribution in [0.5, 0.6) is 0 Å². The summed E-state index contributed by atoms with van der Waals surface area (Å²) in [6.45, 7) is 2.89. The number of hydrogen-bond acceptors (Lipinski definition) is 3. The summed E-state index contributed by atoms with van der Waals surface area (Å²) in [7, 11) is 0. The molecule has 0 bridgehead atoms. The van der Waals surface area contributed by atoms with E-state index in [1.165, 1.54) is 22.0 Å². The number of aromatic nitrogens is 2. The maximum absolute atomic E-state index is 4.41. The topological polar surface area (TPSA) is 29.9 Å². The van der Waals surface area contributed by atoms with E-state index in [0.717, 1.165) is 31.1 Å². The summed E-state index contributed by atoms with van der Waals surface area (Å²) in [6.07, 6.45) is 7.59. The fourth-order valence-corrected chi connectivity index (χ4v) is 3.59. The molecule has 0 radical (unpaired) electrons. The summed E-state index contributed by atoms with van der Waals surface area (Å²) < 4.78 is 2.33. The molecule has 1 aromatic carbocycles. The summed E-state index contributed by atoms with van der Waals surface area (Å²) in [5.41, 5.74) is 4.13. The molecule has 3 heterocycles. The van der Waals surface area contributed by atoms with Gasteiger partial charge in [0.1, 0.15) is 5.01 Å². The first kappa shape index (κ1) is 12.8. The first-order valence-corrected chi connectivity index (χ1v) is 8.16. The molecular formula is C17H17N3S. The quantitative estimate of drug-likeness (QED) is 0.801. The Kier molecular flexibility index (Phi) is 3.33. The van der Waals surface area contributed by atoms with Crippen LogP contribution in [0.3, 0.4) is 0 Å². The van der Waals surface area contributed by atoms with E-state index in [2.05, 4.69) is 51.4 Å². The molecule has 0 spiro atoms. The lowest BCUT2D eigenvalue weighted by Crippen LogP contribution is -2.19. The average molecular weight is 295 g/mol. The van der Waals surface area contributed by atoms with Crippen molar-refractivity contribution in [3.05, 3.63) is 58.7 Å². The van der Waals surface area contributed by atoms with Gasteiger partial charge in [-0.15, -0.1) is 11.3 Å². The first-order valence-electron chi connectivity index (χ1n) is 7.28. The number of benzene rings is 1. The van der Waals surface area contributed by atoms with Crippen molar-refractivity contribution in [2.24, 2.45) is 0 Å². The Morgan fingerprint density at radius 3 is 3.05 bits per heavy atom. The maximum Gasteiger partial charge on any atom is 0.112 e. The molecule has 4 rings (SSSR count). The van der Waals surface area contributed by atoms with Crippen molar-refractivity contribution < 1.29 is 0 Å². The van der Waals surface area contributed by atoms with Gasteiger partial charge in [0.2, 0.25) is 0 Å². The Morgan fingerprint density at radius 2 is 2.24 bits per heavy atom. The van der Waals surface area contributed by atoms with Crippen molar-refractivity contribution in [2.45, 2.75) is 13.0 Å². The summed E-state index contributed by atoms with van der Waals surface area (Å²) in [4.78, 5) is 4.41. The number of rotatable bonds is 3. The normalized spacial score (nSPS) is 15.3. The first-order chi connectivity index (χ1) is 10.4. The second-order valence-electron chi connectivity index (χ2n) is 5.30. The van der Waals surface area contributed by atoms with Crippen molar-refractivity contribution >= 4 is 27.8 Å². The third-order valence-corrected chi connectivity index (χ3v) is 4.75. The van der Waals surface area contributed by atoms with E-state index in [0.29, 0.717) is 0 Å². The monoisotopic (exact) mass is 295 g/mol. The minimum Gasteiger partial charge on any atom is -0.340 e. The van der Waals surface area contributed by atoms with Crippen LogP contribution in [0.2, 0.25) is 0 Å². The highest BCUT2D eigenvalue weighted by Gasteiger charge is 2.14. The minimum absolute atomic E-state index is 0.851. The van der Waals surface area contributed by atoms with Crippen LogP contribution in [0.15, 0.2) is 48.1 Å². The lowest BCUT2D eigenvalue weighted by Gasteiger charge is -2.13. The van der Waals surface area contributed by atoms with Gasteiger partial charge >= 0.3 is 0 Å². The van der Waals surface area contributed by atoms with Gasteiger partial charge in [-0.1, -0.05) is 24.3 Å². The molecule has 1 aliphatic heterocycles. The zero-order valence-corrected chi connectivity index (χ0v) is 12.6. The number of hydrogen-bond donors (Lipinski definition) is 1. The van der Waals surface area contributed by atoms with Crippen molar-refractivity contribution in [3.8, 4) is 0 Å². The molecule has 0 saturated heterocycles. The van der Waals surface area contributed by atoms with E-state index in [1.807, 2.05) is 11.6 Å². The van der Waals surface area contributed by atoms with Crippen LogP contribution in [0.4, 0.5) is 0 Å². The number of thiazole rings is 1. The van der Waals surface area contributed by atoms with Gasteiger partial charge in [-0.05, 0) is 24.6 Å². The molecule has 1 aliphatic rings. The molecule has 0 atom stereocenters. The zero-order valence-electron chi connectivity index (χ0n) is 11.7. The van der Waals surface area contributed by atoms with Crippen LogP contribution < -0.4 is 5.32 Å². The molecule has 2 aromatic heterocycles. The van der Waals surface area contributed by atoms with E-state index in [-0.39, 0.29) is 0 Å². The lowest BCUT2D eigenvalue weighted by molar-refractivity contribution is 0.738. The summed E-state index contributed by atoms with van der Waals surface area (Å²) in [5.74, 6) is 0. The summed E-state index contributed by atoms with van der Waals surface area (Å²) in [5, 5.41) is 7.93. The third-order valence-electron chi connectivity index (χ3n) is 3.99. The van der Waals surface area contributed by atoms with Gasteiger partial charge in [-0.3, -0.25) is 0 Å². The van der Waals surface area contributed by atoms with Crippen LogP contribution in [0, 0.1) is 0 Å². The van der Waals surface area contributed by atoms with Gasteiger partial charge in [-0.25, -0.2) is 4.98 Å². The SMILES string of the molecule is C1=C(c2cn(Cc3nccs3)c3ccccc23)CCNC1. The highest BCUT2D eigenvalue weighted by molar-refractivity contribution is 7.09. The van der Waals surface area contributed by atoms with E-state index in [1.54, 1.807) is 11.3 Å². The van der Waals surface area contributed by atoms with Crippen molar-refractivity contribution in [2.75, 3.05) is 13.1 Å². The van der Waals surface area contributed by atoms with Gasteiger partial charge in [0.05, 0.1) is 6.54 Å². The van der Waals surface area contributed by atoms with Crippen molar-refractivity contribution in [3.63, 3.8) is 0 Å². The number of fused-ring (bicyclic) bond motifs is 1. The fraction of sp³-hybridized carbons (Fsp3) is 0.235. The second kappa shape index (κ2) is 5.47. The lowest BCUT2D eigenvalue weighted by atomic mass is 10.00. The van der Waals surface area contributed by atoms with Gasteiger partial charge in [0.25, 0.3) is 0 Å². The zero-order chi connectivity index (χ0) is 14.1. The van der Waals surface area contributed by atoms with E-state index in [9.17, 15) is 0 Å². The number of nitrogens with zero attached hydrogens (tertiary/aromatic N) is 2. The van der Waals surface area contributed by atoms with E-state index < -0.39 is 0 Å². The Balaban J connectivity index is 1.82. The van der Waals surface area contributed by atoms with Gasteiger partial charge in [0, 0.05) is 40.8 Å². The molecule has 3 aromatic rings. The molecule has 106 valence electrons. The predicted octanol–water partition coefficient (Wildman–Crippen LogP) is 3.52. The van der Waals surface area contributed by atoms with E-state index >= 15 is 0 Å². The molecule has 1 N–H and O–H groups in total. The number of nitrogens with one attached hydrogen (secondary N) is 1. The maximum atomic E-state index is 4.41. The van der Waals surface area contributed by atoms with Crippen LogP contribution >= 0.6 is 11.3 Å². The highest BCUT2D eigenvalue weighted by atomic mass is 32.1. The number of para-hydroxylation sites is 1. The fourth-order valence-electron chi connectivity index (χ4n) is 2.98. The molecule has 0 aliphatic carbocycles. The standard InChI is InChI=1S/C17H17N3S/c1-2-4-16-14(3-1)15(13-5-7-18-8-6-13)11-20(16)12-17-19-9-10-21-17/h1-5,9-11,18H,6-8,12H2. The van der Waals surface area contributed by atoms with Gasteiger partial charge < -0.3 is 9.88 Å². The van der Waals surface area contributed by atoms with Gasteiger partial charge in [0.15, 0.2) is 0 Å². The minimum atomic E-state index is 0.851. The largest absolute Gasteiger partial charge is 0.340 e. The van der Waals surface area contributed by atoms with E-state index in [4.69, 9.17) is 0 Å². The van der Waals surface area contributed by atoms with Crippen LogP contribution in [-0.4, -0.2) is 22.6 Å². The summed E-state index contributed by atoms with van der Waals surface area (Å²) in [6, 6.07) is 8.67. The highest BCUT2D eigenvalue weighted by Crippen LogP contribution is 2.30.